The Morgan fingerprint density at radius 2 is 2.18 bits per heavy atom. The predicted molar refractivity (Wildman–Crippen MR) is 66.3 cm³/mol. The van der Waals surface area contributed by atoms with Gasteiger partial charge in [-0.3, -0.25) is 4.79 Å². The van der Waals surface area contributed by atoms with Gasteiger partial charge in [0, 0.05) is 18.0 Å². The summed E-state index contributed by atoms with van der Waals surface area (Å²) in [5.74, 6) is 1.25. The van der Waals surface area contributed by atoms with Gasteiger partial charge in [0.25, 0.3) is 0 Å². The summed E-state index contributed by atoms with van der Waals surface area (Å²) >= 11 is 0. The van der Waals surface area contributed by atoms with Crippen LogP contribution >= 0.6 is 0 Å². The van der Waals surface area contributed by atoms with Gasteiger partial charge in [-0.25, -0.2) is 9.97 Å². The number of carbonyl (C=O) groups is 1. The molecule has 0 bridgehead atoms. The summed E-state index contributed by atoms with van der Waals surface area (Å²) in [5, 5.41) is 3.02. The Hall–Kier alpha value is -2.43. The van der Waals surface area contributed by atoms with Crippen molar-refractivity contribution in [2.24, 2.45) is 0 Å². The van der Waals surface area contributed by atoms with Crippen molar-refractivity contribution in [3.8, 4) is 0 Å². The Balaban J connectivity index is 2.32. The summed E-state index contributed by atoms with van der Waals surface area (Å²) in [6.45, 7) is 1.74. The molecule has 0 aliphatic heterocycles. The third-order valence-electron chi connectivity index (χ3n) is 2.32. The first-order valence-electron chi connectivity index (χ1n) is 5.11. The van der Waals surface area contributed by atoms with Gasteiger partial charge in [0.1, 0.15) is 11.6 Å². The van der Waals surface area contributed by atoms with E-state index in [1.807, 2.05) is 18.2 Å². The number of hydrogen-bond donors (Lipinski definition) is 2. The van der Waals surface area contributed by atoms with E-state index in [9.17, 15) is 4.79 Å². The van der Waals surface area contributed by atoms with Crippen LogP contribution in [0.2, 0.25) is 0 Å². The largest absolute Gasteiger partial charge is 0.398 e. The van der Waals surface area contributed by atoms with Gasteiger partial charge >= 0.3 is 0 Å². The number of nitrogens with zero attached hydrogens (tertiary/aromatic N) is 2. The maximum absolute atomic E-state index is 10.8. The number of aldehydes is 1. The molecule has 0 aliphatic carbocycles. The van der Waals surface area contributed by atoms with Crippen molar-refractivity contribution in [2.75, 3.05) is 11.1 Å². The van der Waals surface area contributed by atoms with Crippen LogP contribution in [0.5, 0.6) is 0 Å². The van der Waals surface area contributed by atoms with Gasteiger partial charge in [0.2, 0.25) is 0 Å². The van der Waals surface area contributed by atoms with Crippen LogP contribution in [0.3, 0.4) is 0 Å². The summed E-state index contributed by atoms with van der Waals surface area (Å²) in [5.41, 5.74) is 7.19. The monoisotopic (exact) mass is 228 g/mol. The van der Waals surface area contributed by atoms with Crippen molar-refractivity contribution >= 4 is 23.6 Å². The average Bonchev–Trinajstić information content (AvgIpc) is 2.30. The maximum Gasteiger partial charge on any atom is 0.153 e. The fraction of sp³-hybridized carbons (Fsp3) is 0.0833. The smallest absolute Gasteiger partial charge is 0.153 e. The number of aromatic nitrogens is 2. The zero-order chi connectivity index (χ0) is 12.3. The lowest BCUT2D eigenvalue weighted by Crippen LogP contribution is -2.03. The highest BCUT2D eigenvalue weighted by molar-refractivity contribution is 5.85. The Labute approximate surface area is 98.7 Å². The molecular formula is C12H12N4O. The van der Waals surface area contributed by atoms with Crippen molar-refractivity contribution in [3.05, 3.63) is 41.7 Å². The SMILES string of the molecule is Cc1nc(Nc2ccccn2)cc(N)c1C=O. The predicted octanol–water partition coefficient (Wildman–Crippen LogP) is 1.92. The Kier molecular flexibility index (Phi) is 3.00. The molecule has 0 atom stereocenters. The molecule has 0 spiro atoms. The molecule has 2 heterocycles. The summed E-state index contributed by atoms with van der Waals surface area (Å²) in [6.07, 6.45) is 2.39. The molecule has 0 fully saturated rings. The second-order valence-electron chi connectivity index (χ2n) is 3.55. The molecule has 86 valence electrons. The highest BCUT2D eigenvalue weighted by Gasteiger charge is 2.06. The summed E-state index contributed by atoms with van der Waals surface area (Å²) in [7, 11) is 0. The molecule has 5 nitrogen and oxygen atoms in total. The number of nitrogens with two attached hydrogens (primary N) is 1. The van der Waals surface area contributed by atoms with Crippen LogP contribution in [0.4, 0.5) is 17.3 Å². The lowest BCUT2D eigenvalue weighted by atomic mass is 10.2. The molecule has 0 saturated heterocycles. The molecule has 0 unspecified atom stereocenters. The molecule has 0 aliphatic rings. The fourth-order valence-electron chi connectivity index (χ4n) is 1.49. The molecule has 0 aromatic carbocycles. The number of carbonyl (C=O) groups excluding carboxylic acids is 1. The first-order chi connectivity index (χ1) is 8.20. The molecule has 2 aromatic rings. The Morgan fingerprint density at radius 1 is 1.35 bits per heavy atom. The van der Waals surface area contributed by atoms with Gasteiger partial charge in [-0.15, -0.1) is 0 Å². The molecule has 2 rings (SSSR count). The van der Waals surface area contributed by atoms with Crippen LogP contribution < -0.4 is 11.1 Å². The normalized spacial score (nSPS) is 9.94. The highest BCUT2D eigenvalue weighted by atomic mass is 16.1. The Morgan fingerprint density at radius 3 is 2.76 bits per heavy atom. The van der Waals surface area contributed by atoms with Crippen molar-refractivity contribution in [1.82, 2.24) is 9.97 Å². The first kappa shape index (κ1) is 11.1. The van der Waals surface area contributed by atoms with E-state index in [4.69, 9.17) is 5.73 Å². The molecule has 3 N–H and O–H groups in total. The molecule has 0 radical (unpaired) electrons. The van der Waals surface area contributed by atoms with Crippen LogP contribution in [-0.2, 0) is 0 Å². The van der Waals surface area contributed by atoms with Crippen molar-refractivity contribution < 1.29 is 4.79 Å². The Bertz CT molecular complexity index is 516. The van der Waals surface area contributed by atoms with E-state index in [1.165, 1.54) is 0 Å². The molecule has 0 saturated carbocycles. The quantitative estimate of drug-likeness (QED) is 0.784. The van der Waals surface area contributed by atoms with E-state index in [0.717, 1.165) is 0 Å². The van der Waals surface area contributed by atoms with Crippen LogP contribution in [0.1, 0.15) is 16.1 Å². The minimum Gasteiger partial charge on any atom is -0.398 e. The number of hydrogen-bond acceptors (Lipinski definition) is 5. The summed E-state index contributed by atoms with van der Waals surface area (Å²) in [6, 6.07) is 7.13. The van der Waals surface area contributed by atoms with Gasteiger partial charge in [-0.1, -0.05) is 6.07 Å². The third kappa shape index (κ3) is 2.39. The molecule has 5 heteroatoms. The number of aryl methyl sites for hydroxylation is 1. The van der Waals surface area contributed by atoms with E-state index in [2.05, 4.69) is 15.3 Å². The first-order valence-corrected chi connectivity index (χ1v) is 5.11. The van der Waals surface area contributed by atoms with E-state index in [1.54, 1.807) is 19.2 Å². The molecular weight excluding hydrogens is 216 g/mol. The number of rotatable bonds is 3. The third-order valence-corrected chi connectivity index (χ3v) is 2.32. The van der Waals surface area contributed by atoms with Crippen molar-refractivity contribution in [3.63, 3.8) is 0 Å². The van der Waals surface area contributed by atoms with Crippen LogP contribution in [0.25, 0.3) is 0 Å². The van der Waals surface area contributed by atoms with Crippen molar-refractivity contribution in [1.29, 1.82) is 0 Å². The molecule has 17 heavy (non-hydrogen) atoms. The van der Waals surface area contributed by atoms with Crippen LogP contribution in [0.15, 0.2) is 30.5 Å². The van der Waals surface area contributed by atoms with Gasteiger partial charge in [-0.2, -0.15) is 0 Å². The minimum absolute atomic E-state index is 0.408. The minimum atomic E-state index is 0.408. The standard InChI is InChI=1S/C12H12N4O/c1-8-9(7-17)10(13)6-12(15-8)16-11-4-2-3-5-14-11/h2-7H,1H3,(H3,13,14,15,16). The van der Waals surface area contributed by atoms with E-state index in [-0.39, 0.29) is 0 Å². The van der Waals surface area contributed by atoms with E-state index < -0.39 is 0 Å². The highest BCUT2D eigenvalue weighted by Crippen LogP contribution is 2.19. The van der Waals surface area contributed by atoms with Gasteiger partial charge in [-0.05, 0) is 19.1 Å². The maximum atomic E-state index is 10.8. The second kappa shape index (κ2) is 4.61. The fourth-order valence-corrected chi connectivity index (χ4v) is 1.49. The number of anilines is 3. The van der Waals surface area contributed by atoms with Gasteiger partial charge in [0.15, 0.2) is 6.29 Å². The number of nitrogen functional groups attached to an aromatic ring is 1. The van der Waals surface area contributed by atoms with Crippen LogP contribution in [0, 0.1) is 6.92 Å². The van der Waals surface area contributed by atoms with E-state index >= 15 is 0 Å². The lowest BCUT2D eigenvalue weighted by molar-refractivity contribution is 0.112. The van der Waals surface area contributed by atoms with Crippen molar-refractivity contribution in [2.45, 2.75) is 6.92 Å². The zero-order valence-electron chi connectivity index (χ0n) is 9.34. The van der Waals surface area contributed by atoms with Gasteiger partial charge in [0.05, 0.1) is 11.3 Å². The molecule has 2 aromatic heterocycles. The zero-order valence-corrected chi connectivity index (χ0v) is 9.34. The van der Waals surface area contributed by atoms with Crippen LogP contribution in [-0.4, -0.2) is 16.3 Å². The summed E-state index contributed by atoms with van der Waals surface area (Å²) < 4.78 is 0. The van der Waals surface area contributed by atoms with Gasteiger partial charge < -0.3 is 11.1 Å². The average molecular weight is 228 g/mol. The summed E-state index contributed by atoms with van der Waals surface area (Å²) in [4.78, 5) is 19.1. The topological polar surface area (TPSA) is 80.9 Å². The molecule has 0 amide bonds. The number of nitrogens with one attached hydrogen (secondary N) is 1. The van der Waals surface area contributed by atoms with E-state index in [0.29, 0.717) is 34.9 Å². The second-order valence-corrected chi connectivity index (χ2v) is 3.55. The lowest BCUT2D eigenvalue weighted by Gasteiger charge is -2.08. The number of pyridine rings is 2.